The summed E-state index contributed by atoms with van der Waals surface area (Å²) in [6.45, 7) is 9.87. The Morgan fingerprint density at radius 1 is 0.957 bits per heavy atom. The molecule has 242 valence electrons. The molecular weight excluding hydrogens is 616 g/mol. The minimum Gasteiger partial charge on any atom is -0.494 e. The molecule has 8 bridgehead atoms. The number of anilines is 1. The minimum absolute atomic E-state index is 0.397. The lowest BCUT2D eigenvalue weighted by atomic mass is 9.97. The highest BCUT2D eigenvalue weighted by Gasteiger charge is 2.35. The van der Waals surface area contributed by atoms with E-state index in [0.29, 0.717) is 64.4 Å². The number of nitrogens with zero attached hydrogens (tertiary/aromatic N) is 4. The summed E-state index contributed by atoms with van der Waals surface area (Å²) >= 11 is 7.36. The van der Waals surface area contributed by atoms with Crippen LogP contribution in [0.4, 0.5) is 5.69 Å². The summed E-state index contributed by atoms with van der Waals surface area (Å²) < 4.78 is 20.1. The fourth-order valence-corrected chi connectivity index (χ4v) is 6.76. The topological polar surface area (TPSA) is 98.4 Å². The molecule has 47 heavy (non-hydrogen) atoms. The molecule has 0 saturated carbocycles. The van der Waals surface area contributed by atoms with Crippen LogP contribution in [-0.4, -0.2) is 57.6 Å². The Balaban J connectivity index is 1.51. The van der Waals surface area contributed by atoms with Crippen LogP contribution in [-0.2, 0) is 9.53 Å². The second-order valence-electron chi connectivity index (χ2n) is 13.0. The fourth-order valence-electron chi connectivity index (χ4n) is 6.39. The van der Waals surface area contributed by atoms with Crippen molar-refractivity contribution in [3.05, 3.63) is 83.0 Å². The molecule has 0 unspecified atom stereocenters. The summed E-state index contributed by atoms with van der Waals surface area (Å²) in [5.74, 6) is 0.385. The van der Waals surface area contributed by atoms with Gasteiger partial charge in [-0.3, -0.25) is 0 Å². The highest BCUT2D eigenvalue weighted by Crippen LogP contribution is 2.47. The summed E-state index contributed by atoms with van der Waals surface area (Å²) in [7, 11) is 0. The zero-order chi connectivity index (χ0) is 32.9. The summed E-state index contributed by atoms with van der Waals surface area (Å²) in [6, 6.07) is 22.0. The van der Waals surface area contributed by atoms with Gasteiger partial charge in [0.05, 0.1) is 40.9 Å². The largest absolute Gasteiger partial charge is 0.494 e. The molecule has 0 amide bonds. The van der Waals surface area contributed by atoms with Crippen LogP contribution in [0.1, 0.15) is 51.0 Å². The van der Waals surface area contributed by atoms with Crippen molar-refractivity contribution in [1.82, 2.24) is 14.6 Å². The van der Waals surface area contributed by atoms with Crippen molar-refractivity contribution in [1.29, 1.82) is 0 Å². The van der Waals surface area contributed by atoms with Gasteiger partial charge in [-0.2, -0.15) is 5.10 Å². The number of aliphatic carboxylic acids is 1. The summed E-state index contributed by atoms with van der Waals surface area (Å²) in [6.07, 6.45) is 0.415. The maximum atomic E-state index is 12.9. The Bertz CT molecular complexity index is 2000. The number of halogens is 1. The smallest absolute Gasteiger partial charge is 0.337 e. The Morgan fingerprint density at radius 3 is 2.51 bits per heavy atom. The third-order valence-electron chi connectivity index (χ3n) is 8.47. The van der Waals surface area contributed by atoms with Crippen LogP contribution in [0, 0.1) is 6.92 Å². The van der Waals surface area contributed by atoms with Gasteiger partial charge in [-0.15, -0.1) is 0 Å². The predicted octanol–water partition coefficient (Wildman–Crippen LogP) is 8.00. The predicted molar refractivity (Wildman–Crippen MR) is 183 cm³/mol. The van der Waals surface area contributed by atoms with E-state index in [9.17, 15) is 9.90 Å². The van der Waals surface area contributed by atoms with Gasteiger partial charge in [-0.25, -0.2) is 14.3 Å². The van der Waals surface area contributed by atoms with Gasteiger partial charge in [0.2, 0.25) is 0 Å². The van der Waals surface area contributed by atoms with Gasteiger partial charge >= 0.3 is 5.97 Å². The maximum absolute atomic E-state index is 12.9. The van der Waals surface area contributed by atoms with E-state index in [2.05, 4.69) is 29.2 Å². The number of ether oxygens (including phenoxy) is 3. The molecule has 2 aromatic heterocycles. The van der Waals surface area contributed by atoms with Crippen LogP contribution >= 0.6 is 11.6 Å². The SMILES string of the molecule is Cc1nc2cc3nn2c(c1[C@H](OC(C)(C)C)C(=O)O)-c1ccc2c(c1Cl)N(CCCCOc1cccc(c1)-c1cccc-3c1)CCO2. The molecule has 3 aromatic carbocycles. The van der Waals surface area contributed by atoms with E-state index >= 15 is 0 Å². The number of rotatable bonds is 3. The quantitative estimate of drug-likeness (QED) is 0.209. The molecule has 2 aliphatic rings. The molecule has 0 spiro atoms. The number of hydrogen-bond acceptors (Lipinski definition) is 7. The number of carboxylic acid groups (broad SMARTS) is 1. The van der Waals surface area contributed by atoms with E-state index in [-0.39, 0.29) is 0 Å². The van der Waals surface area contributed by atoms with Crippen LogP contribution in [0.2, 0.25) is 5.02 Å². The average Bonchev–Trinajstić information content (AvgIpc) is 3.46. The molecule has 2 aliphatic heterocycles. The van der Waals surface area contributed by atoms with Gasteiger partial charge in [-0.1, -0.05) is 41.9 Å². The molecule has 4 heterocycles. The van der Waals surface area contributed by atoms with Crippen LogP contribution in [0.3, 0.4) is 0 Å². The molecule has 1 atom stereocenters. The van der Waals surface area contributed by atoms with Crippen LogP contribution in [0.25, 0.3) is 39.3 Å². The lowest BCUT2D eigenvalue weighted by Crippen LogP contribution is -2.34. The third-order valence-corrected chi connectivity index (χ3v) is 8.86. The lowest BCUT2D eigenvalue weighted by molar-refractivity contribution is -0.160. The number of hydrogen-bond donors (Lipinski definition) is 1. The van der Waals surface area contributed by atoms with Gasteiger partial charge in [0.25, 0.3) is 0 Å². The minimum atomic E-state index is -1.33. The molecule has 0 fully saturated rings. The average molecular weight is 653 g/mol. The molecule has 5 aromatic rings. The van der Waals surface area contributed by atoms with Crippen LogP contribution < -0.4 is 14.4 Å². The second kappa shape index (κ2) is 12.2. The summed E-state index contributed by atoms with van der Waals surface area (Å²) in [5.41, 5.74) is 6.27. The third kappa shape index (κ3) is 6.01. The van der Waals surface area contributed by atoms with Crippen molar-refractivity contribution in [2.45, 2.75) is 52.2 Å². The molecule has 0 aliphatic carbocycles. The zero-order valence-corrected chi connectivity index (χ0v) is 27.7. The van der Waals surface area contributed by atoms with Gasteiger partial charge in [0.1, 0.15) is 18.1 Å². The van der Waals surface area contributed by atoms with Crippen molar-refractivity contribution in [3.8, 4) is 45.1 Å². The molecule has 0 radical (unpaired) electrons. The molecule has 7 rings (SSSR count). The van der Waals surface area contributed by atoms with Gasteiger partial charge in [0, 0.05) is 35.0 Å². The molecule has 0 saturated heterocycles. The Morgan fingerprint density at radius 2 is 1.72 bits per heavy atom. The first-order valence-corrected chi connectivity index (χ1v) is 16.3. The number of fused-ring (bicyclic) bond motifs is 9. The number of aromatic nitrogens is 3. The van der Waals surface area contributed by atoms with Crippen molar-refractivity contribution >= 4 is 28.9 Å². The van der Waals surface area contributed by atoms with Gasteiger partial charge in [0.15, 0.2) is 11.8 Å². The van der Waals surface area contributed by atoms with Crippen molar-refractivity contribution in [2.75, 3.05) is 31.2 Å². The lowest BCUT2D eigenvalue weighted by Gasteiger charge is -2.33. The number of benzene rings is 3. The summed E-state index contributed by atoms with van der Waals surface area (Å²) in [4.78, 5) is 20.0. The zero-order valence-electron chi connectivity index (χ0n) is 26.9. The highest BCUT2D eigenvalue weighted by molar-refractivity contribution is 6.36. The Kier molecular flexibility index (Phi) is 8.06. The first kappa shape index (κ1) is 31.0. The molecule has 10 heteroatoms. The van der Waals surface area contributed by atoms with E-state index in [0.717, 1.165) is 47.5 Å². The van der Waals surface area contributed by atoms with E-state index in [1.807, 2.05) is 70.2 Å². The number of carbonyl (C=O) groups is 1. The maximum Gasteiger partial charge on any atom is 0.337 e. The highest BCUT2D eigenvalue weighted by atomic mass is 35.5. The van der Waals surface area contributed by atoms with Crippen LogP contribution in [0.5, 0.6) is 11.5 Å². The second-order valence-corrected chi connectivity index (χ2v) is 13.4. The monoisotopic (exact) mass is 652 g/mol. The molecule has 9 nitrogen and oxygen atoms in total. The van der Waals surface area contributed by atoms with Gasteiger partial charge < -0.3 is 24.2 Å². The number of carboxylic acids is 1. The molecule has 1 N–H and O–H groups in total. The first-order chi connectivity index (χ1) is 22.6. The normalized spacial score (nSPS) is 15.3. The Labute approximate surface area is 278 Å². The van der Waals surface area contributed by atoms with E-state index in [1.54, 1.807) is 4.52 Å². The van der Waals surface area contributed by atoms with Gasteiger partial charge in [-0.05, 0) is 82.0 Å². The summed E-state index contributed by atoms with van der Waals surface area (Å²) in [5, 5.41) is 16.1. The van der Waals surface area contributed by atoms with E-state index in [1.165, 1.54) is 0 Å². The number of aryl methyl sites for hydroxylation is 1. The van der Waals surface area contributed by atoms with Crippen molar-refractivity contribution in [3.63, 3.8) is 0 Å². The van der Waals surface area contributed by atoms with E-state index < -0.39 is 17.7 Å². The fraction of sp³-hybridized carbons (Fsp3) is 0.324. The van der Waals surface area contributed by atoms with E-state index in [4.69, 9.17) is 35.9 Å². The Hall–Kier alpha value is -4.60. The van der Waals surface area contributed by atoms with Crippen molar-refractivity contribution < 1.29 is 24.1 Å². The standard InChI is InChI=1S/C37H37ClN4O5/c1-22-31(35(36(43)44)47-37(2,3)4)33-27-13-14-29-34(32(27)38)41(16-18-46-29)15-5-6-17-45-26-12-8-10-24(20-26)23-9-7-11-25(19-23)28-21-30(39-22)42(33)40-28/h7-14,19-21,35H,5-6,15-18H2,1-4H3,(H,43,44)/t35-/m0/s1. The first-order valence-electron chi connectivity index (χ1n) is 15.9. The van der Waals surface area contributed by atoms with Crippen LogP contribution in [0.15, 0.2) is 66.7 Å². The van der Waals surface area contributed by atoms with Crippen molar-refractivity contribution in [2.24, 2.45) is 0 Å². The molecular formula is C37H37ClN4O5.